The summed E-state index contributed by atoms with van der Waals surface area (Å²) in [5.41, 5.74) is 0. The summed E-state index contributed by atoms with van der Waals surface area (Å²) in [6.07, 6.45) is 0. The molecule has 1 heterocycles. The van der Waals surface area contributed by atoms with E-state index < -0.39 is 0 Å². The quantitative estimate of drug-likeness (QED) is 0.697. The van der Waals surface area contributed by atoms with E-state index in [1.807, 2.05) is 6.92 Å². The minimum absolute atomic E-state index is 0.0726. The maximum Gasteiger partial charge on any atom is 0.291 e. The molecule has 0 amide bonds. The number of hydrogen-bond acceptors (Lipinski definition) is 4. The van der Waals surface area contributed by atoms with Gasteiger partial charge >= 0.3 is 0 Å². The molecular weight excluding hydrogens is 212 g/mol. The number of hydrogen-bond donors (Lipinski definition) is 2. The Kier molecular flexibility index (Phi) is 2.76. The number of aliphatic hydroxyl groups is 1. The standard InChI is InChI=1S/C6H9BrN2O2/c1-2-11-6-8-3-4(7)5(10)9-6/h10H,2-3H2,1H3,(H,8,9). The van der Waals surface area contributed by atoms with Crippen LogP contribution in [0.3, 0.4) is 0 Å². The van der Waals surface area contributed by atoms with Gasteiger partial charge in [-0.25, -0.2) is 4.99 Å². The van der Waals surface area contributed by atoms with E-state index in [-0.39, 0.29) is 5.88 Å². The third-order valence-corrected chi connectivity index (χ3v) is 1.75. The van der Waals surface area contributed by atoms with Crippen LogP contribution < -0.4 is 5.32 Å². The molecule has 11 heavy (non-hydrogen) atoms. The van der Waals surface area contributed by atoms with Gasteiger partial charge < -0.3 is 9.84 Å². The molecule has 1 rings (SSSR count). The van der Waals surface area contributed by atoms with Crippen molar-refractivity contribution < 1.29 is 9.84 Å². The summed E-state index contributed by atoms with van der Waals surface area (Å²) in [4.78, 5) is 3.97. The zero-order valence-corrected chi connectivity index (χ0v) is 7.68. The van der Waals surface area contributed by atoms with Crippen LogP contribution in [0.2, 0.25) is 0 Å². The zero-order chi connectivity index (χ0) is 8.27. The van der Waals surface area contributed by atoms with E-state index in [0.29, 0.717) is 23.7 Å². The number of aliphatic imine (C=N–C) groups is 1. The third kappa shape index (κ3) is 2.11. The number of amidine groups is 1. The van der Waals surface area contributed by atoms with E-state index in [2.05, 4.69) is 26.2 Å². The first-order valence-electron chi connectivity index (χ1n) is 3.26. The van der Waals surface area contributed by atoms with Crippen LogP contribution in [-0.2, 0) is 4.74 Å². The molecule has 0 radical (unpaired) electrons. The number of nitrogens with zero attached hydrogens (tertiary/aromatic N) is 1. The summed E-state index contributed by atoms with van der Waals surface area (Å²) in [5.74, 6) is 0.0726. The van der Waals surface area contributed by atoms with Gasteiger partial charge in [0.1, 0.15) is 0 Å². The smallest absolute Gasteiger partial charge is 0.291 e. The lowest BCUT2D eigenvalue weighted by Gasteiger charge is -2.14. The van der Waals surface area contributed by atoms with Crippen LogP contribution in [0.1, 0.15) is 6.92 Å². The van der Waals surface area contributed by atoms with Gasteiger partial charge in [-0.3, -0.25) is 5.32 Å². The molecule has 0 spiro atoms. The summed E-state index contributed by atoms with van der Waals surface area (Å²) in [7, 11) is 0. The van der Waals surface area contributed by atoms with Gasteiger partial charge in [0, 0.05) is 0 Å². The van der Waals surface area contributed by atoms with Gasteiger partial charge in [-0.1, -0.05) is 0 Å². The van der Waals surface area contributed by atoms with Gasteiger partial charge in [-0.2, -0.15) is 0 Å². The average Bonchev–Trinajstić information content (AvgIpc) is 1.98. The van der Waals surface area contributed by atoms with Crippen LogP contribution in [0.5, 0.6) is 0 Å². The highest BCUT2D eigenvalue weighted by Crippen LogP contribution is 2.11. The number of halogens is 1. The summed E-state index contributed by atoms with van der Waals surface area (Å²) < 4.78 is 5.67. The first-order chi connectivity index (χ1) is 5.24. The van der Waals surface area contributed by atoms with Crippen LogP contribution in [-0.4, -0.2) is 24.3 Å². The normalized spacial score (nSPS) is 17.5. The second kappa shape index (κ2) is 3.61. The maximum absolute atomic E-state index is 9.14. The second-order valence-corrected chi connectivity index (χ2v) is 2.89. The van der Waals surface area contributed by atoms with Crippen molar-refractivity contribution >= 4 is 22.0 Å². The molecular formula is C6H9BrN2O2. The second-order valence-electron chi connectivity index (χ2n) is 1.93. The van der Waals surface area contributed by atoms with Gasteiger partial charge in [-0.15, -0.1) is 0 Å². The van der Waals surface area contributed by atoms with Gasteiger partial charge in [0.15, 0.2) is 0 Å². The highest BCUT2D eigenvalue weighted by Gasteiger charge is 2.11. The highest BCUT2D eigenvalue weighted by atomic mass is 79.9. The van der Waals surface area contributed by atoms with Crippen molar-refractivity contribution in [1.29, 1.82) is 0 Å². The molecule has 2 N–H and O–H groups in total. The fraction of sp³-hybridized carbons (Fsp3) is 0.500. The van der Waals surface area contributed by atoms with Crippen LogP contribution in [0.4, 0.5) is 0 Å². The molecule has 1 aliphatic rings. The van der Waals surface area contributed by atoms with Crippen molar-refractivity contribution in [2.24, 2.45) is 4.99 Å². The lowest BCUT2D eigenvalue weighted by molar-refractivity contribution is 0.291. The Bertz CT molecular complexity index is 213. The minimum Gasteiger partial charge on any atom is -0.494 e. The number of ether oxygens (including phenoxy) is 1. The summed E-state index contributed by atoms with van der Waals surface area (Å²) >= 11 is 3.14. The van der Waals surface area contributed by atoms with Crippen molar-refractivity contribution in [3.8, 4) is 0 Å². The lowest BCUT2D eigenvalue weighted by atomic mass is 10.5. The van der Waals surface area contributed by atoms with E-state index in [4.69, 9.17) is 9.84 Å². The van der Waals surface area contributed by atoms with E-state index in [0.717, 1.165) is 0 Å². The topological polar surface area (TPSA) is 53.9 Å². The predicted molar refractivity (Wildman–Crippen MR) is 45.6 cm³/mol. The summed E-state index contributed by atoms with van der Waals surface area (Å²) in [6, 6.07) is 0.369. The molecule has 0 aromatic heterocycles. The van der Waals surface area contributed by atoms with Crippen LogP contribution >= 0.6 is 15.9 Å². The molecule has 0 saturated carbocycles. The van der Waals surface area contributed by atoms with E-state index in [1.54, 1.807) is 0 Å². The SMILES string of the molecule is CCOC1=NCC(Br)=C(O)N1. The van der Waals surface area contributed by atoms with Crippen molar-refractivity contribution in [1.82, 2.24) is 5.32 Å². The lowest BCUT2D eigenvalue weighted by Crippen LogP contribution is -2.29. The van der Waals surface area contributed by atoms with Gasteiger partial charge in [0.05, 0.1) is 17.6 Å². The Morgan fingerprint density at radius 2 is 2.55 bits per heavy atom. The maximum atomic E-state index is 9.14. The first kappa shape index (κ1) is 8.39. The van der Waals surface area contributed by atoms with Gasteiger partial charge in [0.2, 0.25) is 5.88 Å². The predicted octanol–water partition coefficient (Wildman–Crippen LogP) is 1.10. The Balaban J connectivity index is 2.52. The first-order valence-corrected chi connectivity index (χ1v) is 4.05. The largest absolute Gasteiger partial charge is 0.494 e. The molecule has 0 aliphatic carbocycles. The van der Waals surface area contributed by atoms with E-state index in [1.165, 1.54) is 0 Å². The molecule has 0 bridgehead atoms. The molecule has 0 aromatic carbocycles. The molecule has 4 nitrogen and oxygen atoms in total. The van der Waals surface area contributed by atoms with Crippen LogP contribution in [0.25, 0.3) is 0 Å². The molecule has 0 unspecified atom stereocenters. The molecule has 0 aromatic rings. The fourth-order valence-electron chi connectivity index (χ4n) is 0.643. The van der Waals surface area contributed by atoms with Crippen LogP contribution in [0.15, 0.2) is 15.4 Å². The Morgan fingerprint density at radius 1 is 1.82 bits per heavy atom. The summed E-state index contributed by atoms with van der Waals surface area (Å²) in [6.45, 7) is 2.82. The Morgan fingerprint density at radius 3 is 3.09 bits per heavy atom. The Hall–Kier alpha value is -0.710. The monoisotopic (exact) mass is 220 g/mol. The number of nitrogens with one attached hydrogen (secondary N) is 1. The van der Waals surface area contributed by atoms with Gasteiger partial charge in [0.25, 0.3) is 6.02 Å². The highest BCUT2D eigenvalue weighted by molar-refractivity contribution is 9.11. The molecule has 0 saturated heterocycles. The van der Waals surface area contributed by atoms with Crippen molar-refractivity contribution in [2.45, 2.75) is 6.92 Å². The average molecular weight is 221 g/mol. The van der Waals surface area contributed by atoms with Gasteiger partial charge in [-0.05, 0) is 22.9 Å². The van der Waals surface area contributed by atoms with Crippen molar-refractivity contribution in [3.63, 3.8) is 0 Å². The number of aliphatic hydroxyl groups excluding tert-OH is 1. The number of rotatable bonds is 1. The Labute approximate surface area is 73.1 Å². The zero-order valence-electron chi connectivity index (χ0n) is 6.09. The fourth-order valence-corrected chi connectivity index (χ4v) is 0.868. The molecule has 5 heteroatoms. The van der Waals surface area contributed by atoms with Crippen molar-refractivity contribution in [2.75, 3.05) is 13.2 Å². The molecule has 0 atom stereocenters. The van der Waals surface area contributed by atoms with Crippen LogP contribution in [0, 0.1) is 0 Å². The summed E-state index contributed by atoms with van der Waals surface area (Å²) in [5, 5.41) is 11.7. The molecule has 1 aliphatic heterocycles. The third-order valence-electron chi connectivity index (χ3n) is 1.12. The minimum atomic E-state index is 0.0726. The van der Waals surface area contributed by atoms with Crippen molar-refractivity contribution in [3.05, 3.63) is 10.4 Å². The van der Waals surface area contributed by atoms with E-state index in [9.17, 15) is 0 Å². The molecule has 0 fully saturated rings. The van der Waals surface area contributed by atoms with E-state index >= 15 is 0 Å². The molecule has 62 valence electrons.